The Bertz CT molecular complexity index is 1640. The average molecular weight is 564 g/mol. The maximum Gasteiger partial charge on any atom is 0.255 e. The summed E-state index contributed by atoms with van der Waals surface area (Å²) in [7, 11) is 0. The van der Waals surface area contributed by atoms with Crippen molar-refractivity contribution in [1.29, 1.82) is 0 Å². The predicted molar refractivity (Wildman–Crippen MR) is 151 cm³/mol. The molecule has 3 aliphatic rings. The van der Waals surface area contributed by atoms with E-state index in [9.17, 15) is 9.59 Å². The third-order valence-electron chi connectivity index (χ3n) is 7.65. The number of carbonyl (C=O) groups is 1. The summed E-state index contributed by atoms with van der Waals surface area (Å²) in [6.45, 7) is 2.86. The van der Waals surface area contributed by atoms with E-state index in [2.05, 4.69) is 20.9 Å². The maximum absolute atomic E-state index is 12.8. The van der Waals surface area contributed by atoms with Gasteiger partial charge in [0.25, 0.3) is 5.91 Å². The lowest BCUT2D eigenvalue weighted by Crippen LogP contribution is -2.42. The molecule has 0 bridgehead atoms. The summed E-state index contributed by atoms with van der Waals surface area (Å²) < 4.78 is 17.2. The van der Waals surface area contributed by atoms with Crippen LogP contribution in [-0.4, -0.2) is 54.3 Å². The van der Waals surface area contributed by atoms with Crippen molar-refractivity contribution in [3.05, 3.63) is 45.9 Å². The second-order valence-electron chi connectivity index (χ2n) is 10.3. The zero-order valence-electron chi connectivity index (χ0n) is 21.7. The predicted octanol–water partition coefficient (Wildman–Crippen LogP) is 3.41. The molecule has 1 saturated heterocycles. The maximum atomic E-state index is 12.8. The fraction of sp³-hybridized carbons (Fsp3) is 0.407. The molecule has 1 amide bonds. The standard InChI is InChI=1S/C27H29N7O5S/c28-16-3-1-2-4-17(16)31-19-9-14-11-29-26(36)22(14)25(32-19)33-20-12-30-27(40-20)15-13-38-24-18(35)10-21(39-23(15)24)34-5-7-37-8-6-34/h9-10,12-13,16-17H,1-8,11,28H2,(H,29,36)(H2,31,32,33)/t16-,17+/m1/s1. The van der Waals surface area contributed by atoms with E-state index in [0.717, 1.165) is 31.2 Å². The molecule has 1 aliphatic carbocycles. The van der Waals surface area contributed by atoms with Crippen LogP contribution >= 0.6 is 11.3 Å². The van der Waals surface area contributed by atoms with Crippen molar-refractivity contribution in [2.45, 2.75) is 44.3 Å². The first-order chi connectivity index (χ1) is 19.5. The zero-order valence-corrected chi connectivity index (χ0v) is 22.5. The summed E-state index contributed by atoms with van der Waals surface area (Å²) in [6, 6.07) is 3.58. The number of anilines is 4. The highest BCUT2D eigenvalue weighted by molar-refractivity contribution is 7.19. The Morgan fingerprint density at radius 2 is 1.98 bits per heavy atom. The Morgan fingerprint density at radius 3 is 2.83 bits per heavy atom. The molecule has 40 heavy (non-hydrogen) atoms. The van der Waals surface area contributed by atoms with Crippen LogP contribution in [0.2, 0.25) is 0 Å². The molecule has 7 rings (SSSR count). The highest BCUT2D eigenvalue weighted by atomic mass is 32.1. The number of morpholine rings is 1. The topological polar surface area (TPSA) is 161 Å². The molecule has 2 aliphatic heterocycles. The van der Waals surface area contributed by atoms with Crippen molar-refractivity contribution >= 4 is 50.9 Å². The van der Waals surface area contributed by atoms with E-state index >= 15 is 0 Å². The van der Waals surface area contributed by atoms with Crippen molar-refractivity contribution in [2.24, 2.45) is 5.73 Å². The normalized spacial score (nSPS) is 20.9. The Labute approximate surface area is 232 Å². The number of hydrogen-bond acceptors (Lipinski definition) is 12. The third-order valence-corrected chi connectivity index (χ3v) is 8.60. The molecule has 208 valence electrons. The Kier molecular flexibility index (Phi) is 6.41. The van der Waals surface area contributed by atoms with Crippen molar-refractivity contribution in [3.8, 4) is 10.6 Å². The summed E-state index contributed by atoms with van der Waals surface area (Å²) in [5.41, 5.74) is 8.56. The zero-order chi connectivity index (χ0) is 27.2. The van der Waals surface area contributed by atoms with Crippen molar-refractivity contribution < 1.29 is 18.4 Å². The van der Waals surface area contributed by atoms with Crippen LogP contribution in [0.4, 0.5) is 22.5 Å². The van der Waals surface area contributed by atoms with Crippen LogP contribution in [0, 0.1) is 0 Å². The van der Waals surface area contributed by atoms with Crippen LogP contribution in [-0.2, 0) is 11.3 Å². The van der Waals surface area contributed by atoms with Gasteiger partial charge in [0.2, 0.25) is 11.0 Å². The number of nitrogens with one attached hydrogen (secondary N) is 3. The van der Waals surface area contributed by atoms with Gasteiger partial charge in [0.15, 0.2) is 11.5 Å². The third kappa shape index (κ3) is 4.59. The van der Waals surface area contributed by atoms with E-state index in [-0.39, 0.29) is 29.0 Å². The minimum Gasteiger partial charge on any atom is -0.456 e. The number of aromatic nitrogens is 2. The van der Waals surface area contributed by atoms with Crippen LogP contribution in [0.15, 0.2) is 38.2 Å². The van der Waals surface area contributed by atoms with Crippen LogP contribution in [0.1, 0.15) is 41.6 Å². The van der Waals surface area contributed by atoms with E-state index in [1.807, 2.05) is 11.0 Å². The summed E-state index contributed by atoms with van der Waals surface area (Å²) in [5.74, 6) is 1.44. The van der Waals surface area contributed by atoms with Gasteiger partial charge in [-0.1, -0.05) is 24.2 Å². The Balaban J connectivity index is 1.19. The van der Waals surface area contributed by atoms with Gasteiger partial charge in [-0.2, -0.15) is 0 Å². The van der Waals surface area contributed by atoms with Crippen molar-refractivity contribution in [3.63, 3.8) is 0 Å². The molecule has 13 heteroatoms. The van der Waals surface area contributed by atoms with Gasteiger partial charge in [-0.15, -0.1) is 0 Å². The highest BCUT2D eigenvalue weighted by Crippen LogP contribution is 2.37. The lowest BCUT2D eigenvalue weighted by molar-refractivity contribution is 0.0966. The van der Waals surface area contributed by atoms with Gasteiger partial charge in [-0.05, 0) is 24.5 Å². The van der Waals surface area contributed by atoms with Gasteiger partial charge in [0.05, 0.1) is 36.6 Å². The van der Waals surface area contributed by atoms with E-state index in [4.69, 9.17) is 24.3 Å². The fourth-order valence-electron chi connectivity index (χ4n) is 5.54. The first-order valence-electron chi connectivity index (χ1n) is 13.5. The lowest BCUT2D eigenvalue weighted by Gasteiger charge is -2.30. The molecule has 0 spiro atoms. The number of furan rings is 1. The van der Waals surface area contributed by atoms with Crippen LogP contribution in [0.25, 0.3) is 21.7 Å². The molecule has 1 saturated carbocycles. The lowest BCUT2D eigenvalue weighted by atomic mass is 9.91. The number of nitrogens with zero attached hydrogens (tertiary/aromatic N) is 3. The molecule has 6 heterocycles. The number of hydrogen-bond donors (Lipinski definition) is 4. The molecule has 5 N–H and O–H groups in total. The molecule has 2 atom stereocenters. The Hall–Kier alpha value is -3.94. The fourth-order valence-corrected chi connectivity index (χ4v) is 6.36. The van der Waals surface area contributed by atoms with Crippen molar-refractivity contribution in [2.75, 3.05) is 41.8 Å². The smallest absolute Gasteiger partial charge is 0.255 e. The number of nitrogens with two attached hydrogens (primary N) is 1. The molecule has 0 aromatic carbocycles. The summed E-state index contributed by atoms with van der Waals surface area (Å²) in [6.07, 6.45) is 7.39. The number of fused-ring (bicyclic) bond motifs is 2. The molecule has 12 nitrogen and oxygen atoms in total. The van der Waals surface area contributed by atoms with E-state index < -0.39 is 0 Å². The van der Waals surface area contributed by atoms with Gasteiger partial charge in [-0.3, -0.25) is 9.59 Å². The van der Waals surface area contributed by atoms with E-state index in [0.29, 0.717) is 77.1 Å². The molecule has 0 radical (unpaired) electrons. The van der Waals surface area contributed by atoms with Crippen LogP contribution in [0.5, 0.6) is 0 Å². The number of thiazole rings is 1. The molecule has 0 unspecified atom stereocenters. The number of pyridine rings is 1. The molecule has 4 aromatic rings. The molecule has 4 aromatic heterocycles. The summed E-state index contributed by atoms with van der Waals surface area (Å²) in [4.78, 5) is 36.7. The largest absolute Gasteiger partial charge is 0.456 e. The van der Waals surface area contributed by atoms with Gasteiger partial charge >= 0.3 is 0 Å². The monoisotopic (exact) mass is 563 g/mol. The number of carbonyl (C=O) groups excluding carboxylic acids is 1. The quantitative estimate of drug-likeness (QED) is 0.272. The first kappa shape index (κ1) is 25.1. The minimum absolute atomic E-state index is 0.0672. The number of rotatable bonds is 6. The Morgan fingerprint density at radius 1 is 1.12 bits per heavy atom. The SMILES string of the molecule is N[C@@H]1CCCC[C@@H]1Nc1cc2c(c(Nc3cnc(-c4coc5c(=O)cc(N6CCOCC6)oc45)s3)n1)C(=O)NC2. The number of ether oxygens (including phenoxy) is 1. The van der Waals surface area contributed by atoms with Crippen LogP contribution < -0.4 is 32.0 Å². The second kappa shape index (κ2) is 10.2. The van der Waals surface area contributed by atoms with Gasteiger partial charge in [0.1, 0.15) is 27.9 Å². The first-order valence-corrected chi connectivity index (χ1v) is 14.3. The summed E-state index contributed by atoms with van der Waals surface area (Å²) >= 11 is 1.35. The van der Waals surface area contributed by atoms with Gasteiger partial charge in [-0.25, -0.2) is 9.97 Å². The van der Waals surface area contributed by atoms with E-state index in [1.54, 1.807) is 6.20 Å². The molecule has 2 fully saturated rings. The second-order valence-corrected chi connectivity index (χ2v) is 11.3. The van der Waals surface area contributed by atoms with Crippen molar-refractivity contribution in [1.82, 2.24) is 15.3 Å². The molecular weight excluding hydrogens is 534 g/mol. The number of amides is 1. The summed E-state index contributed by atoms with van der Waals surface area (Å²) in [5, 5.41) is 11.0. The van der Waals surface area contributed by atoms with Crippen LogP contribution in [0.3, 0.4) is 0 Å². The molecular formula is C27H29N7O5S. The van der Waals surface area contributed by atoms with E-state index in [1.165, 1.54) is 23.7 Å². The average Bonchev–Trinajstić information content (AvgIpc) is 3.69. The van der Waals surface area contributed by atoms with Gasteiger partial charge < -0.3 is 40.2 Å². The highest BCUT2D eigenvalue weighted by Gasteiger charge is 2.28. The minimum atomic E-state index is -0.253. The van der Waals surface area contributed by atoms with Gasteiger partial charge in [0, 0.05) is 31.7 Å².